The molecule has 1 aliphatic rings. The van der Waals surface area contributed by atoms with E-state index in [0.717, 1.165) is 26.2 Å². The maximum absolute atomic E-state index is 13.8. The SMILES string of the molecule is CC(C)(C)[C@@H](c1cc(F)cc(Br)c1O)N1CCNCC1. The third kappa shape index (κ3) is 3.32. The molecule has 20 heavy (non-hydrogen) atoms. The summed E-state index contributed by atoms with van der Waals surface area (Å²) < 4.78 is 14.2. The fourth-order valence-electron chi connectivity index (χ4n) is 2.95. The van der Waals surface area contributed by atoms with Crippen molar-refractivity contribution < 1.29 is 9.50 Å². The van der Waals surface area contributed by atoms with Crippen molar-refractivity contribution >= 4 is 15.9 Å². The molecule has 112 valence electrons. The second kappa shape index (κ2) is 6.00. The van der Waals surface area contributed by atoms with Crippen molar-refractivity contribution in [2.45, 2.75) is 26.8 Å². The highest BCUT2D eigenvalue weighted by molar-refractivity contribution is 9.10. The minimum atomic E-state index is -0.325. The van der Waals surface area contributed by atoms with E-state index in [1.54, 1.807) is 0 Å². The van der Waals surface area contributed by atoms with E-state index in [9.17, 15) is 9.50 Å². The topological polar surface area (TPSA) is 35.5 Å². The summed E-state index contributed by atoms with van der Waals surface area (Å²) in [6.07, 6.45) is 0. The lowest BCUT2D eigenvalue weighted by molar-refractivity contribution is 0.0839. The maximum Gasteiger partial charge on any atom is 0.134 e. The predicted molar refractivity (Wildman–Crippen MR) is 82.4 cm³/mol. The fraction of sp³-hybridized carbons (Fsp3) is 0.600. The summed E-state index contributed by atoms with van der Waals surface area (Å²) in [6, 6.07) is 2.74. The monoisotopic (exact) mass is 344 g/mol. The second-order valence-corrected chi connectivity index (χ2v) is 7.23. The van der Waals surface area contributed by atoms with Crippen molar-refractivity contribution in [1.29, 1.82) is 0 Å². The van der Waals surface area contributed by atoms with E-state index in [-0.39, 0.29) is 23.0 Å². The van der Waals surface area contributed by atoms with E-state index in [0.29, 0.717) is 10.0 Å². The van der Waals surface area contributed by atoms with Gasteiger partial charge in [-0.3, -0.25) is 4.90 Å². The van der Waals surface area contributed by atoms with E-state index >= 15 is 0 Å². The van der Waals surface area contributed by atoms with Crippen LogP contribution in [-0.4, -0.2) is 36.2 Å². The molecule has 1 aromatic rings. The Morgan fingerprint density at radius 1 is 1.30 bits per heavy atom. The smallest absolute Gasteiger partial charge is 0.134 e. The molecule has 0 amide bonds. The van der Waals surface area contributed by atoms with Crippen LogP contribution in [0.3, 0.4) is 0 Å². The van der Waals surface area contributed by atoms with Gasteiger partial charge in [0.15, 0.2) is 0 Å². The third-order valence-electron chi connectivity index (χ3n) is 3.69. The van der Waals surface area contributed by atoms with Crippen molar-refractivity contribution in [2.24, 2.45) is 5.41 Å². The first-order valence-corrected chi connectivity index (χ1v) is 7.72. The van der Waals surface area contributed by atoms with Gasteiger partial charge < -0.3 is 10.4 Å². The van der Waals surface area contributed by atoms with Crippen molar-refractivity contribution in [3.05, 3.63) is 28.0 Å². The molecule has 0 radical (unpaired) electrons. The Bertz CT molecular complexity index is 481. The molecular weight excluding hydrogens is 323 g/mol. The molecule has 2 N–H and O–H groups in total. The molecule has 1 aliphatic heterocycles. The molecular formula is C15H22BrFN2O. The Balaban J connectivity index is 2.46. The number of phenols is 1. The van der Waals surface area contributed by atoms with Crippen LogP contribution in [0.25, 0.3) is 0 Å². The summed E-state index contributed by atoms with van der Waals surface area (Å²) >= 11 is 3.24. The Labute approximate surface area is 128 Å². The number of halogens is 2. The van der Waals surface area contributed by atoms with Crippen LogP contribution in [0.5, 0.6) is 5.75 Å². The van der Waals surface area contributed by atoms with Crippen molar-refractivity contribution in [2.75, 3.05) is 26.2 Å². The van der Waals surface area contributed by atoms with Gasteiger partial charge in [0.2, 0.25) is 0 Å². The fourth-order valence-corrected chi connectivity index (χ4v) is 3.39. The highest BCUT2D eigenvalue weighted by Crippen LogP contribution is 2.44. The predicted octanol–water partition coefficient (Wildman–Crippen LogP) is 3.29. The lowest BCUT2D eigenvalue weighted by Crippen LogP contribution is -2.48. The zero-order chi connectivity index (χ0) is 14.9. The molecule has 1 fully saturated rings. The van der Waals surface area contributed by atoms with Crippen LogP contribution >= 0.6 is 15.9 Å². The maximum atomic E-state index is 13.8. The van der Waals surface area contributed by atoms with E-state index in [4.69, 9.17) is 0 Å². The van der Waals surface area contributed by atoms with Crippen molar-refractivity contribution in [3.8, 4) is 5.75 Å². The Morgan fingerprint density at radius 2 is 1.90 bits per heavy atom. The Morgan fingerprint density at radius 3 is 2.45 bits per heavy atom. The summed E-state index contributed by atoms with van der Waals surface area (Å²) in [4.78, 5) is 2.32. The first-order chi connectivity index (χ1) is 9.30. The molecule has 0 spiro atoms. The van der Waals surface area contributed by atoms with Crippen LogP contribution in [0.1, 0.15) is 32.4 Å². The van der Waals surface area contributed by atoms with Crippen LogP contribution in [0.2, 0.25) is 0 Å². The zero-order valence-electron chi connectivity index (χ0n) is 12.2. The second-order valence-electron chi connectivity index (χ2n) is 6.38. The third-order valence-corrected chi connectivity index (χ3v) is 4.29. The van der Waals surface area contributed by atoms with Gasteiger partial charge in [0.05, 0.1) is 4.47 Å². The number of piperazine rings is 1. The van der Waals surface area contributed by atoms with E-state index in [1.165, 1.54) is 12.1 Å². The number of aromatic hydroxyl groups is 1. The Hall–Kier alpha value is -0.650. The number of nitrogens with one attached hydrogen (secondary N) is 1. The standard InChI is InChI=1S/C15H22BrFN2O/c1-15(2,3)14(19-6-4-18-5-7-19)11-8-10(17)9-12(16)13(11)20/h8-9,14,18,20H,4-7H2,1-3H3/t14-/m1/s1. The number of phenolic OH excluding ortho intramolecular Hbond substituents is 1. The molecule has 2 rings (SSSR count). The van der Waals surface area contributed by atoms with Gasteiger partial charge in [-0.25, -0.2) is 4.39 Å². The molecule has 5 heteroatoms. The molecule has 1 saturated heterocycles. The van der Waals surface area contributed by atoms with Crippen LogP contribution < -0.4 is 5.32 Å². The van der Waals surface area contributed by atoms with E-state index in [1.807, 2.05) is 0 Å². The van der Waals surface area contributed by atoms with Crippen LogP contribution in [-0.2, 0) is 0 Å². The van der Waals surface area contributed by atoms with Crippen molar-refractivity contribution in [1.82, 2.24) is 10.2 Å². The van der Waals surface area contributed by atoms with E-state index < -0.39 is 0 Å². The lowest BCUT2D eigenvalue weighted by Gasteiger charge is -2.42. The van der Waals surface area contributed by atoms with E-state index in [2.05, 4.69) is 46.9 Å². The summed E-state index contributed by atoms with van der Waals surface area (Å²) in [5.74, 6) is -0.182. The normalized spacial score (nSPS) is 19.1. The number of hydrogen-bond acceptors (Lipinski definition) is 3. The molecule has 1 heterocycles. The van der Waals surface area contributed by atoms with Gasteiger partial charge in [-0.2, -0.15) is 0 Å². The number of hydrogen-bond donors (Lipinski definition) is 2. The summed E-state index contributed by atoms with van der Waals surface area (Å²) in [7, 11) is 0. The molecule has 1 aromatic carbocycles. The highest BCUT2D eigenvalue weighted by Gasteiger charge is 2.35. The van der Waals surface area contributed by atoms with Crippen LogP contribution in [0.15, 0.2) is 16.6 Å². The number of rotatable bonds is 2. The van der Waals surface area contributed by atoms with Gasteiger partial charge in [0, 0.05) is 37.8 Å². The largest absolute Gasteiger partial charge is 0.506 e. The first kappa shape index (κ1) is 15.7. The minimum Gasteiger partial charge on any atom is -0.506 e. The first-order valence-electron chi connectivity index (χ1n) is 6.93. The Kier molecular flexibility index (Phi) is 4.72. The van der Waals surface area contributed by atoms with Gasteiger partial charge in [0.25, 0.3) is 0 Å². The zero-order valence-corrected chi connectivity index (χ0v) is 13.8. The summed E-state index contributed by atoms with van der Waals surface area (Å²) in [5.41, 5.74) is 0.563. The summed E-state index contributed by atoms with van der Waals surface area (Å²) in [6.45, 7) is 10.0. The van der Waals surface area contributed by atoms with Gasteiger partial charge in [-0.15, -0.1) is 0 Å². The van der Waals surface area contributed by atoms with Crippen LogP contribution in [0.4, 0.5) is 4.39 Å². The molecule has 0 bridgehead atoms. The average Bonchev–Trinajstić information content (AvgIpc) is 2.35. The number of nitrogens with zero attached hydrogens (tertiary/aromatic N) is 1. The molecule has 3 nitrogen and oxygen atoms in total. The van der Waals surface area contributed by atoms with Crippen molar-refractivity contribution in [3.63, 3.8) is 0 Å². The molecule has 0 unspecified atom stereocenters. The quantitative estimate of drug-likeness (QED) is 0.864. The molecule has 1 atom stereocenters. The number of benzene rings is 1. The lowest BCUT2D eigenvalue weighted by atomic mass is 9.80. The highest BCUT2D eigenvalue weighted by atomic mass is 79.9. The minimum absolute atomic E-state index is 0.0170. The van der Waals surface area contributed by atoms with Gasteiger partial charge >= 0.3 is 0 Å². The summed E-state index contributed by atoms with van der Waals surface area (Å²) in [5, 5.41) is 13.7. The average molecular weight is 345 g/mol. The molecule has 0 saturated carbocycles. The molecule has 0 aromatic heterocycles. The van der Waals surface area contributed by atoms with Crippen LogP contribution in [0, 0.1) is 11.2 Å². The molecule has 0 aliphatic carbocycles. The van der Waals surface area contributed by atoms with Gasteiger partial charge in [-0.05, 0) is 33.5 Å². The van der Waals surface area contributed by atoms with Gasteiger partial charge in [-0.1, -0.05) is 20.8 Å². The van der Waals surface area contributed by atoms with Gasteiger partial charge in [0.1, 0.15) is 11.6 Å².